The molecule has 3 rings (SSSR count). The van der Waals surface area contributed by atoms with Crippen LogP contribution in [-0.2, 0) is 25.6 Å². The van der Waals surface area contributed by atoms with Gasteiger partial charge in [-0.25, -0.2) is 10.3 Å². The Morgan fingerprint density at radius 1 is 1.26 bits per heavy atom. The molecule has 0 aromatic heterocycles. The highest BCUT2D eigenvalue weighted by molar-refractivity contribution is 5.95. The highest BCUT2D eigenvalue weighted by Crippen LogP contribution is 2.21. The first-order valence-electron chi connectivity index (χ1n) is 8.18. The number of amides is 2. The lowest BCUT2D eigenvalue weighted by Gasteiger charge is -2.22. The summed E-state index contributed by atoms with van der Waals surface area (Å²) in [5.41, 5.74) is 4.22. The molecule has 0 saturated carbocycles. The van der Waals surface area contributed by atoms with Crippen LogP contribution in [0.3, 0.4) is 0 Å². The molecule has 2 saturated heterocycles. The number of carbonyl (C=O) groups is 2. The number of hydrogen-bond donors (Lipinski definition) is 1. The van der Waals surface area contributed by atoms with Crippen molar-refractivity contribution in [2.75, 3.05) is 18.1 Å². The zero-order chi connectivity index (χ0) is 16.1. The van der Waals surface area contributed by atoms with Crippen LogP contribution in [0.15, 0.2) is 24.3 Å². The normalized spacial score (nSPS) is 21.5. The molecule has 1 N–H and O–H groups in total. The number of nitrogens with one attached hydrogen (secondary N) is 1. The van der Waals surface area contributed by atoms with Crippen molar-refractivity contribution in [1.29, 1.82) is 0 Å². The Balaban J connectivity index is 1.47. The maximum Gasteiger partial charge on any atom is 0.248 e. The molecule has 0 aliphatic carbocycles. The zero-order valence-corrected chi connectivity index (χ0v) is 13.1. The summed E-state index contributed by atoms with van der Waals surface area (Å²) in [6.45, 7) is 1.45. The summed E-state index contributed by atoms with van der Waals surface area (Å²) in [6.07, 6.45) is 4.32. The van der Waals surface area contributed by atoms with E-state index >= 15 is 0 Å². The minimum atomic E-state index is -0.337. The van der Waals surface area contributed by atoms with E-state index in [4.69, 9.17) is 9.57 Å². The molecular weight excluding hydrogens is 296 g/mol. The van der Waals surface area contributed by atoms with Crippen molar-refractivity contribution in [3.05, 3.63) is 29.8 Å². The van der Waals surface area contributed by atoms with Crippen LogP contribution in [0.25, 0.3) is 0 Å². The average molecular weight is 318 g/mol. The van der Waals surface area contributed by atoms with Gasteiger partial charge in [-0.05, 0) is 37.0 Å². The van der Waals surface area contributed by atoms with Crippen molar-refractivity contribution in [2.45, 2.75) is 44.8 Å². The summed E-state index contributed by atoms with van der Waals surface area (Å²) in [5.74, 6) is -0.0412. The number of hydrogen-bond acceptors (Lipinski definition) is 4. The lowest BCUT2D eigenvalue weighted by molar-refractivity contribution is -0.200. The SMILES string of the molecule is O=C(Cc1ccc(N2CCCC2=O)cc1)NO[C@@H]1CCCCO1. The van der Waals surface area contributed by atoms with E-state index in [1.165, 1.54) is 0 Å². The van der Waals surface area contributed by atoms with Gasteiger partial charge in [0.25, 0.3) is 0 Å². The van der Waals surface area contributed by atoms with Crippen LogP contribution in [0.4, 0.5) is 5.69 Å². The molecule has 1 atom stereocenters. The van der Waals surface area contributed by atoms with Crippen LogP contribution in [-0.4, -0.2) is 31.3 Å². The first kappa shape index (κ1) is 16.0. The molecule has 2 aliphatic rings. The van der Waals surface area contributed by atoms with Crippen LogP contribution < -0.4 is 10.4 Å². The highest BCUT2D eigenvalue weighted by atomic mass is 16.8. The number of anilines is 1. The second kappa shape index (κ2) is 7.57. The third-order valence-electron chi connectivity index (χ3n) is 4.13. The van der Waals surface area contributed by atoms with E-state index in [-0.39, 0.29) is 24.5 Å². The topological polar surface area (TPSA) is 67.9 Å². The predicted octanol–water partition coefficient (Wildman–Crippen LogP) is 1.93. The molecule has 6 nitrogen and oxygen atoms in total. The number of nitrogens with zero attached hydrogens (tertiary/aromatic N) is 1. The van der Waals surface area contributed by atoms with E-state index in [1.807, 2.05) is 24.3 Å². The molecule has 2 heterocycles. The number of carbonyl (C=O) groups excluding carboxylic acids is 2. The molecule has 0 spiro atoms. The lowest BCUT2D eigenvalue weighted by Crippen LogP contribution is -2.33. The predicted molar refractivity (Wildman–Crippen MR) is 84.6 cm³/mol. The monoisotopic (exact) mass is 318 g/mol. The quantitative estimate of drug-likeness (QED) is 0.842. The minimum absolute atomic E-state index is 0.163. The molecule has 6 heteroatoms. The molecule has 23 heavy (non-hydrogen) atoms. The van der Waals surface area contributed by atoms with Gasteiger partial charge in [0, 0.05) is 31.7 Å². The minimum Gasteiger partial charge on any atom is -0.350 e. The van der Waals surface area contributed by atoms with Gasteiger partial charge in [-0.2, -0.15) is 0 Å². The van der Waals surface area contributed by atoms with E-state index in [0.29, 0.717) is 13.0 Å². The average Bonchev–Trinajstić information content (AvgIpc) is 3.01. The summed E-state index contributed by atoms with van der Waals surface area (Å²) < 4.78 is 5.39. The van der Waals surface area contributed by atoms with Crippen molar-refractivity contribution in [3.63, 3.8) is 0 Å². The van der Waals surface area contributed by atoms with Gasteiger partial charge in [-0.1, -0.05) is 12.1 Å². The van der Waals surface area contributed by atoms with E-state index in [9.17, 15) is 9.59 Å². The van der Waals surface area contributed by atoms with Crippen LogP contribution in [0.5, 0.6) is 0 Å². The molecular formula is C17H22N2O4. The van der Waals surface area contributed by atoms with Crippen molar-refractivity contribution in [2.24, 2.45) is 0 Å². The molecule has 2 amide bonds. The molecule has 1 aromatic rings. The zero-order valence-electron chi connectivity index (χ0n) is 13.1. The Morgan fingerprint density at radius 3 is 2.74 bits per heavy atom. The van der Waals surface area contributed by atoms with Crippen LogP contribution in [0.1, 0.15) is 37.7 Å². The van der Waals surface area contributed by atoms with Gasteiger partial charge in [0.05, 0.1) is 6.42 Å². The summed E-state index contributed by atoms with van der Waals surface area (Å²) in [6, 6.07) is 7.52. The van der Waals surface area contributed by atoms with Crippen LogP contribution in [0, 0.1) is 0 Å². The van der Waals surface area contributed by atoms with Gasteiger partial charge in [-0.15, -0.1) is 0 Å². The fraction of sp³-hybridized carbons (Fsp3) is 0.529. The van der Waals surface area contributed by atoms with Crippen molar-refractivity contribution in [1.82, 2.24) is 5.48 Å². The number of benzene rings is 1. The summed E-state index contributed by atoms with van der Waals surface area (Å²) in [4.78, 5) is 30.6. The van der Waals surface area contributed by atoms with E-state index in [2.05, 4.69) is 5.48 Å². The second-order valence-electron chi connectivity index (χ2n) is 5.93. The molecule has 0 bridgehead atoms. The first-order valence-corrected chi connectivity index (χ1v) is 8.18. The lowest BCUT2D eigenvalue weighted by atomic mass is 10.1. The summed E-state index contributed by atoms with van der Waals surface area (Å²) >= 11 is 0. The number of hydroxylamine groups is 1. The smallest absolute Gasteiger partial charge is 0.248 e. The maximum atomic E-state index is 11.9. The Labute approximate surface area is 135 Å². The molecule has 1 aromatic carbocycles. The molecule has 0 unspecified atom stereocenters. The van der Waals surface area contributed by atoms with E-state index < -0.39 is 0 Å². The van der Waals surface area contributed by atoms with Gasteiger partial charge < -0.3 is 9.64 Å². The summed E-state index contributed by atoms with van der Waals surface area (Å²) in [5, 5.41) is 0. The maximum absolute atomic E-state index is 11.9. The molecule has 2 aliphatic heterocycles. The van der Waals surface area contributed by atoms with Gasteiger partial charge in [-0.3, -0.25) is 9.59 Å². The molecule has 2 fully saturated rings. The van der Waals surface area contributed by atoms with Gasteiger partial charge >= 0.3 is 0 Å². The van der Waals surface area contributed by atoms with Crippen molar-refractivity contribution in [3.8, 4) is 0 Å². The highest BCUT2D eigenvalue weighted by Gasteiger charge is 2.21. The Bertz CT molecular complexity index is 552. The molecule has 0 radical (unpaired) electrons. The Morgan fingerprint density at radius 2 is 2.09 bits per heavy atom. The Kier molecular flexibility index (Phi) is 5.25. The number of rotatable bonds is 5. The first-order chi connectivity index (χ1) is 11.2. The van der Waals surface area contributed by atoms with Crippen LogP contribution in [0.2, 0.25) is 0 Å². The third kappa shape index (κ3) is 4.30. The standard InChI is InChI=1S/C17H22N2O4/c20-15(18-23-17-5-1-2-11-22-17)12-13-6-8-14(9-7-13)19-10-3-4-16(19)21/h6-9,17H,1-5,10-12H2,(H,18,20)/t17-/m1/s1. The van der Waals surface area contributed by atoms with Gasteiger partial charge in [0.1, 0.15) is 0 Å². The van der Waals surface area contributed by atoms with Gasteiger partial charge in [0.15, 0.2) is 6.29 Å². The second-order valence-corrected chi connectivity index (χ2v) is 5.93. The summed E-state index contributed by atoms with van der Waals surface area (Å²) in [7, 11) is 0. The van der Waals surface area contributed by atoms with Crippen LogP contribution >= 0.6 is 0 Å². The van der Waals surface area contributed by atoms with Crippen molar-refractivity contribution < 1.29 is 19.2 Å². The van der Waals surface area contributed by atoms with Crippen molar-refractivity contribution >= 4 is 17.5 Å². The number of ether oxygens (including phenoxy) is 1. The van der Waals surface area contributed by atoms with E-state index in [0.717, 1.165) is 43.5 Å². The fourth-order valence-electron chi connectivity index (χ4n) is 2.87. The fourth-order valence-corrected chi connectivity index (χ4v) is 2.87. The Hall–Kier alpha value is -1.92. The largest absolute Gasteiger partial charge is 0.350 e. The van der Waals surface area contributed by atoms with E-state index in [1.54, 1.807) is 4.90 Å². The van der Waals surface area contributed by atoms with Gasteiger partial charge in [0.2, 0.25) is 11.8 Å². The molecule has 124 valence electrons. The third-order valence-corrected chi connectivity index (χ3v) is 4.13.